The van der Waals surface area contributed by atoms with Crippen LogP contribution in [0.15, 0.2) is 39.8 Å². The average molecular weight is 297 g/mol. The molecule has 1 aromatic heterocycles. The first-order chi connectivity index (χ1) is 9.06. The first kappa shape index (κ1) is 13.8. The van der Waals surface area contributed by atoms with Gasteiger partial charge in [0.05, 0.1) is 23.4 Å². The number of benzene rings is 1. The van der Waals surface area contributed by atoms with Gasteiger partial charge in [-0.25, -0.2) is 0 Å². The van der Waals surface area contributed by atoms with Gasteiger partial charge in [0.1, 0.15) is 5.76 Å². The van der Waals surface area contributed by atoms with E-state index in [1.54, 1.807) is 24.5 Å². The van der Waals surface area contributed by atoms with Crippen LogP contribution in [0.2, 0.25) is 5.02 Å². The van der Waals surface area contributed by atoms with Crippen molar-refractivity contribution >= 4 is 40.6 Å². The number of nitrogen functional groups attached to an aromatic ring is 1. The summed E-state index contributed by atoms with van der Waals surface area (Å²) in [7, 11) is 0. The molecule has 4 nitrogen and oxygen atoms in total. The van der Waals surface area contributed by atoms with E-state index in [4.69, 9.17) is 21.8 Å². The fraction of sp³-hybridized carbons (Fsp3) is 0.154. The quantitative estimate of drug-likeness (QED) is 0.669. The molecule has 100 valence electrons. The number of aryl methyl sites for hydroxylation is 1. The van der Waals surface area contributed by atoms with Gasteiger partial charge in [0.15, 0.2) is 0 Å². The van der Waals surface area contributed by atoms with Crippen LogP contribution in [0.5, 0.6) is 0 Å². The van der Waals surface area contributed by atoms with Gasteiger partial charge in [-0.2, -0.15) is 0 Å². The zero-order chi connectivity index (χ0) is 13.8. The monoisotopic (exact) mass is 296 g/mol. The number of thioether (sulfide) groups is 1. The number of amides is 1. The van der Waals surface area contributed by atoms with Crippen molar-refractivity contribution in [1.82, 2.24) is 0 Å². The second-order valence-corrected chi connectivity index (χ2v) is 5.36. The Labute approximate surface area is 120 Å². The summed E-state index contributed by atoms with van der Waals surface area (Å²) in [5.74, 6) is 0.978. The molecule has 0 bridgehead atoms. The number of nitrogens with two attached hydrogens (primary N) is 1. The minimum absolute atomic E-state index is 0.125. The summed E-state index contributed by atoms with van der Waals surface area (Å²) in [5, 5.41) is 3.29. The molecule has 0 unspecified atom stereocenters. The summed E-state index contributed by atoms with van der Waals surface area (Å²) in [5.41, 5.74) is 6.78. The minimum atomic E-state index is -0.125. The summed E-state index contributed by atoms with van der Waals surface area (Å²) in [6.45, 7) is 1.86. The van der Waals surface area contributed by atoms with Crippen molar-refractivity contribution < 1.29 is 9.21 Å². The molecule has 0 aliphatic carbocycles. The third-order valence-electron chi connectivity index (χ3n) is 2.46. The van der Waals surface area contributed by atoms with Crippen molar-refractivity contribution in [3.63, 3.8) is 0 Å². The van der Waals surface area contributed by atoms with Crippen LogP contribution in [0.1, 0.15) is 5.76 Å². The number of anilines is 2. The van der Waals surface area contributed by atoms with Gasteiger partial charge in [-0.05, 0) is 31.2 Å². The van der Waals surface area contributed by atoms with Gasteiger partial charge in [-0.15, -0.1) is 11.8 Å². The summed E-state index contributed by atoms with van der Waals surface area (Å²) in [6, 6.07) is 6.80. The van der Waals surface area contributed by atoms with Crippen LogP contribution in [-0.4, -0.2) is 11.7 Å². The van der Waals surface area contributed by atoms with Crippen molar-refractivity contribution in [3.05, 3.63) is 41.3 Å². The number of hydrogen-bond acceptors (Lipinski definition) is 4. The van der Waals surface area contributed by atoms with Crippen LogP contribution in [0, 0.1) is 6.92 Å². The van der Waals surface area contributed by atoms with E-state index in [0.717, 1.165) is 10.7 Å². The lowest BCUT2D eigenvalue weighted by molar-refractivity contribution is -0.113. The van der Waals surface area contributed by atoms with Crippen LogP contribution in [-0.2, 0) is 4.79 Å². The van der Waals surface area contributed by atoms with E-state index in [-0.39, 0.29) is 5.91 Å². The highest BCUT2D eigenvalue weighted by Gasteiger charge is 2.08. The van der Waals surface area contributed by atoms with E-state index in [0.29, 0.717) is 22.2 Å². The SMILES string of the molecule is Cc1occc1SCC(=O)Nc1ccc(Cl)cc1N. The van der Waals surface area contributed by atoms with E-state index < -0.39 is 0 Å². The minimum Gasteiger partial charge on any atom is -0.468 e. The first-order valence-electron chi connectivity index (χ1n) is 5.58. The summed E-state index contributed by atoms with van der Waals surface area (Å²) in [6.07, 6.45) is 1.60. The van der Waals surface area contributed by atoms with Gasteiger partial charge >= 0.3 is 0 Å². The van der Waals surface area contributed by atoms with Gasteiger partial charge in [0, 0.05) is 9.92 Å². The molecule has 2 rings (SSSR count). The Kier molecular flexibility index (Phi) is 4.39. The first-order valence-corrected chi connectivity index (χ1v) is 6.94. The maximum absolute atomic E-state index is 11.8. The molecular weight excluding hydrogens is 284 g/mol. The molecule has 3 N–H and O–H groups in total. The topological polar surface area (TPSA) is 68.3 Å². The van der Waals surface area contributed by atoms with E-state index in [1.165, 1.54) is 11.8 Å². The second-order valence-electron chi connectivity index (χ2n) is 3.91. The number of rotatable bonds is 4. The molecule has 19 heavy (non-hydrogen) atoms. The van der Waals surface area contributed by atoms with Crippen LogP contribution >= 0.6 is 23.4 Å². The zero-order valence-corrected chi connectivity index (χ0v) is 11.8. The Balaban J connectivity index is 1.93. The second kappa shape index (κ2) is 6.04. The van der Waals surface area contributed by atoms with E-state index in [2.05, 4.69) is 5.32 Å². The van der Waals surface area contributed by atoms with Crippen molar-refractivity contribution in [2.24, 2.45) is 0 Å². The summed E-state index contributed by atoms with van der Waals surface area (Å²) < 4.78 is 5.16. The molecule has 6 heteroatoms. The molecule has 0 aliphatic heterocycles. The molecule has 0 spiro atoms. The summed E-state index contributed by atoms with van der Waals surface area (Å²) >= 11 is 7.21. The molecule has 0 aliphatic rings. The Bertz CT molecular complexity index is 598. The molecule has 0 saturated carbocycles. The van der Waals surface area contributed by atoms with Gasteiger partial charge in [-0.1, -0.05) is 11.6 Å². The predicted octanol–water partition coefficient (Wildman–Crippen LogP) is 3.55. The molecule has 1 aromatic carbocycles. The fourth-order valence-corrected chi connectivity index (χ4v) is 2.44. The van der Waals surface area contributed by atoms with Crippen molar-refractivity contribution in [2.75, 3.05) is 16.8 Å². The van der Waals surface area contributed by atoms with Crippen LogP contribution in [0.25, 0.3) is 0 Å². The van der Waals surface area contributed by atoms with E-state index >= 15 is 0 Å². The maximum atomic E-state index is 11.8. The number of halogens is 1. The normalized spacial score (nSPS) is 10.4. The molecule has 1 amide bonds. The van der Waals surface area contributed by atoms with Gasteiger partial charge in [0.25, 0.3) is 0 Å². The van der Waals surface area contributed by atoms with Crippen LogP contribution < -0.4 is 11.1 Å². The maximum Gasteiger partial charge on any atom is 0.234 e. The van der Waals surface area contributed by atoms with Crippen molar-refractivity contribution in [3.8, 4) is 0 Å². The number of furan rings is 1. The van der Waals surface area contributed by atoms with Crippen molar-refractivity contribution in [2.45, 2.75) is 11.8 Å². The molecule has 0 radical (unpaired) electrons. The Morgan fingerprint density at radius 1 is 1.47 bits per heavy atom. The highest BCUT2D eigenvalue weighted by atomic mass is 35.5. The summed E-state index contributed by atoms with van der Waals surface area (Å²) in [4.78, 5) is 12.8. The van der Waals surface area contributed by atoms with Gasteiger partial charge < -0.3 is 15.5 Å². The Hall–Kier alpha value is -1.59. The van der Waals surface area contributed by atoms with Gasteiger partial charge in [0.2, 0.25) is 5.91 Å². The highest BCUT2D eigenvalue weighted by Crippen LogP contribution is 2.25. The fourth-order valence-electron chi connectivity index (χ4n) is 1.50. The predicted molar refractivity (Wildman–Crippen MR) is 78.7 cm³/mol. The molecular formula is C13H13ClN2O2S. The van der Waals surface area contributed by atoms with Crippen LogP contribution in [0.4, 0.5) is 11.4 Å². The van der Waals surface area contributed by atoms with Gasteiger partial charge in [-0.3, -0.25) is 4.79 Å². The third kappa shape index (κ3) is 3.68. The third-order valence-corrected chi connectivity index (χ3v) is 3.83. The number of nitrogens with one attached hydrogen (secondary N) is 1. The molecule has 0 atom stereocenters. The molecule has 2 aromatic rings. The van der Waals surface area contributed by atoms with Crippen molar-refractivity contribution in [1.29, 1.82) is 0 Å². The van der Waals surface area contributed by atoms with Crippen LogP contribution in [0.3, 0.4) is 0 Å². The highest BCUT2D eigenvalue weighted by molar-refractivity contribution is 8.00. The Morgan fingerprint density at radius 3 is 2.89 bits per heavy atom. The molecule has 1 heterocycles. The average Bonchev–Trinajstić information content (AvgIpc) is 2.76. The lowest BCUT2D eigenvalue weighted by atomic mass is 10.2. The van der Waals surface area contributed by atoms with E-state index in [1.807, 2.05) is 13.0 Å². The number of carbonyl (C=O) groups excluding carboxylic acids is 1. The van der Waals surface area contributed by atoms with E-state index in [9.17, 15) is 4.79 Å². The molecule has 0 saturated heterocycles. The smallest absolute Gasteiger partial charge is 0.234 e. The largest absolute Gasteiger partial charge is 0.468 e. The standard InChI is InChI=1S/C13H13ClN2O2S/c1-8-12(4-5-18-8)19-7-13(17)16-11-3-2-9(14)6-10(11)15/h2-6H,7,15H2,1H3,(H,16,17). The number of carbonyl (C=O) groups is 1. The Morgan fingerprint density at radius 2 is 2.26 bits per heavy atom. The number of hydrogen-bond donors (Lipinski definition) is 2. The zero-order valence-electron chi connectivity index (χ0n) is 10.3. The lowest BCUT2D eigenvalue weighted by Crippen LogP contribution is -2.15. The molecule has 0 fully saturated rings. The lowest BCUT2D eigenvalue weighted by Gasteiger charge is -2.08.